The molecule has 1 N–H and O–H groups in total. The van der Waals surface area contributed by atoms with E-state index in [9.17, 15) is 9.59 Å². The Morgan fingerprint density at radius 3 is 2.38 bits per heavy atom. The number of ether oxygens (including phenoxy) is 1. The number of carbonyl (C=O) groups excluding carboxylic acids is 1. The molecule has 1 heterocycles. The first-order valence-corrected chi connectivity index (χ1v) is 4.05. The molecule has 2 unspecified atom stereocenters. The molecular weight excluding hydrogens is 174 g/mol. The molecule has 1 fully saturated rings. The third-order valence-electron chi connectivity index (χ3n) is 2.32. The van der Waals surface area contributed by atoms with E-state index in [1.54, 1.807) is 7.05 Å². The number of rotatable bonds is 2. The molecule has 2 atom stereocenters. The van der Waals surface area contributed by atoms with Gasteiger partial charge in [-0.2, -0.15) is 0 Å². The van der Waals surface area contributed by atoms with Crippen LogP contribution < -0.4 is 0 Å². The summed E-state index contributed by atoms with van der Waals surface area (Å²) in [7, 11) is 3.07. The molecule has 13 heavy (non-hydrogen) atoms. The minimum Gasteiger partial charge on any atom is -0.481 e. The second kappa shape index (κ2) is 3.74. The SMILES string of the molecule is COC(=O)C1CN(C)CC1C(=O)O. The van der Waals surface area contributed by atoms with Crippen molar-refractivity contribution in [2.75, 3.05) is 27.2 Å². The average Bonchev–Trinajstić information content (AvgIpc) is 2.46. The molecule has 5 heteroatoms. The Labute approximate surface area is 76.3 Å². The maximum atomic E-state index is 11.2. The molecule has 0 saturated carbocycles. The van der Waals surface area contributed by atoms with E-state index in [2.05, 4.69) is 4.74 Å². The van der Waals surface area contributed by atoms with Gasteiger partial charge in [0.2, 0.25) is 0 Å². The zero-order valence-electron chi connectivity index (χ0n) is 7.69. The van der Waals surface area contributed by atoms with Gasteiger partial charge in [-0.25, -0.2) is 0 Å². The first-order chi connectivity index (χ1) is 6.06. The molecule has 1 saturated heterocycles. The zero-order valence-corrected chi connectivity index (χ0v) is 7.69. The number of carboxylic acids is 1. The maximum Gasteiger partial charge on any atom is 0.310 e. The average molecular weight is 187 g/mol. The Kier molecular flexibility index (Phi) is 2.87. The van der Waals surface area contributed by atoms with Crippen LogP contribution >= 0.6 is 0 Å². The van der Waals surface area contributed by atoms with Gasteiger partial charge in [-0.1, -0.05) is 0 Å². The van der Waals surface area contributed by atoms with E-state index in [0.29, 0.717) is 13.1 Å². The smallest absolute Gasteiger partial charge is 0.310 e. The van der Waals surface area contributed by atoms with Gasteiger partial charge >= 0.3 is 11.9 Å². The van der Waals surface area contributed by atoms with Crippen molar-refractivity contribution in [1.82, 2.24) is 4.90 Å². The molecule has 74 valence electrons. The third kappa shape index (κ3) is 1.98. The van der Waals surface area contributed by atoms with E-state index in [1.807, 2.05) is 4.90 Å². The second-order valence-electron chi connectivity index (χ2n) is 3.30. The molecule has 0 amide bonds. The van der Waals surface area contributed by atoms with Crippen LogP contribution in [0, 0.1) is 11.8 Å². The summed E-state index contributed by atoms with van der Waals surface area (Å²) >= 11 is 0. The molecule has 0 aromatic heterocycles. The molecule has 0 bridgehead atoms. The van der Waals surface area contributed by atoms with Gasteiger partial charge in [-0.3, -0.25) is 9.59 Å². The highest BCUT2D eigenvalue weighted by molar-refractivity contribution is 5.82. The van der Waals surface area contributed by atoms with Gasteiger partial charge in [0, 0.05) is 13.1 Å². The lowest BCUT2D eigenvalue weighted by molar-refractivity contribution is -0.153. The summed E-state index contributed by atoms with van der Waals surface area (Å²) < 4.78 is 4.53. The van der Waals surface area contributed by atoms with Crippen molar-refractivity contribution in [3.8, 4) is 0 Å². The number of nitrogens with zero attached hydrogens (tertiary/aromatic N) is 1. The van der Waals surface area contributed by atoms with Crippen LogP contribution in [0.1, 0.15) is 0 Å². The van der Waals surface area contributed by atoms with E-state index >= 15 is 0 Å². The predicted molar refractivity (Wildman–Crippen MR) is 44.1 cm³/mol. The van der Waals surface area contributed by atoms with Crippen LogP contribution in [-0.2, 0) is 14.3 Å². The summed E-state index contributed by atoms with van der Waals surface area (Å²) in [5, 5.41) is 8.81. The van der Waals surface area contributed by atoms with Gasteiger partial charge in [0.25, 0.3) is 0 Å². The number of hydrogen-bond acceptors (Lipinski definition) is 4. The fourth-order valence-corrected chi connectivity index (χ4v) is 1.64. The van der Waals surface area contributed by atoms with E-state index < -0.39 is 23.8 Å². The van der Waals surface area contributed by atoms with Crippen molar-refractivity contribution >= 4 is 11.9 Å². The standard InChI is InChI=1S/C8H13NO4/c1-9-3-5(7(10)11)6(4-9)8(12)13-2/h5-6H,3-4H2,1-2H3,(H,10,11). The van der Waals surface area contributed by atoms with Crippen molar-refractivity contribution < 1.29 is 19.4 Å². The Balaban J connectivity index is 2.71. The Hall–Kier alpha value is -1.10. The molecule has 0 aromatic carbocycles. The number of aliphatic carboxylic acids is 1. The fourth-order valence-electron chi connectivity index (χ4n) is 1.64. The lowest BCUT2D eigenvalue weighted by Gasteiger charge is -2.10. The van der Waals surface area contributed by atoms with Crippen LogP contribution in [0.15, 0.2) is 0 Å². The summed E-state index contributed by atoms with van der Waals surface area (Å²) in [6, 6.07) is 0. The molecule has 0 aliphatic carbocycles. The van der Waals surface area contributed by atoms with E-state index in [0.717, 1.165) is 0 Å². The lowest BCUT2D eigenvalue weighted by atomic mass is 9.97. The van der Waals surface area contributed by atoms with Crippen LogP contribution in [0.2, 0.25) is 0 Å². The van der Waals surface area contributed by atoms with Crippen molar-refractivity contribution in [1.29, 1.82) is 0 Å². The van der Waals surface area contributed by atoms with Crippen LogP contribution in [0.5, 0.6) is 0 Å². The normalized spacial score (nSPS) is 28.8. The lowest BCUT2D eigenvalue weighted by Crippen LogP contribution is -2.29. The van der Waals surface area contributed by atoms with E-state index in [4.69, 9.17) is 5.11 Å². The molecular formula is C8H13NO4. The topological polar surface area (TPSA) is 66.8 Å². The number of carbonyl (C=O) groups is 2. The summed E-state index contributed by atoms with van der Waals surface area (Å²) in [5.41, 5.74) is 0. The number of esters is 1. The Bertz CT molecular complexity index is 228. The van der Waals surface area contributed by atoms with Gasteiger partial charge in [0.05, 0.1) is 18.9 Å². The summed E-state index contributed by atoms with van der Waals surface area (Å²) in [5.74, 6) is -2.51. The van der Waals surface area contributed by atoms with E-state index in [1.165, 1.54) is 7.11 Å². The molecule has 0 spiro atoms. The number of likely N-dealkylation sites (tertiary alicyclic amines) is 1. The van der Waals surface area contributed by atoms with E-state index in [-0.39, 0.29) is 0 Å². The number of hydrogen-bond donors (Lipinski definition) is 1. The largest absolute Gasteiger partial charge is 0.481 e. The molecule has 1 rings (SSSR count). The van der Waals surface area contributed by atoms with Crippen molar-refractivity contribution in [3.63, 3.8) is 0 Å². The summed E-state index contributed by atoms with van der Waals surface area (Å²) in [6.07, 6.45) is 0. The van der Waals surface area contributed by atoms with Crippen LogP contribution in [-0.4, -0.2) is 49.2 Å². The minimum absolute atomic E-state index is 0.412. The van der Waals surface area contributed by atoms with Gasteiger partial charge in [0.1, 0.15) is 0 Å². The second-order valence-corrected chi connectivity index (χ2v) is 3.30. The van der Waals surface area contributed by atoms with Crippen molar-refractivity contribution in [2.24, 2.45) is 11.8 Å². The molecule has 1 aliphatic rings. The van der Waals surface area contributed by atoms with Crippen molar-refractivity contribution in [2.45, 2.75) is 0 Å². The fraction of sp³-hybridized carbons (Fsp3) is 0.750. The van der Waals surface area contributed by atoms with Gasteiger partial charge in [0.15, 0.2) is 0 Å². The predicted octanol–water partition coefficient (Wildman–Crippen LogP) is -0.578. The molecule has 5 nitrogen and oxygen atoms in total. The highest BCUT2D eigenvalue weighted by Crippen LogP contribution is 2.23. The van der Waals surface area contributed by atoms with Gasteiger partial charge in [-0.15, -0.1) is 0 Å². The monoisotopic (exact) mass is 187 g/mol. The quantitative estimate of drug-likeness (QED) is 0.586. The highest BCUT2D eigenvalue weighted by atomic mass is 16.5. The van der Waals surface area contributed by atoms with Crippen molar-refractivity contribution in [3.05, 3.63) is 0 Å². The van der Waals surface area contributed by atoms with Gasteiger partial charge in [-0.05, 0) is 7.05 Å². The first kappa shape index (κ1) is 9.98. The van der Waals surface area contributed by atoms with Crippen LogP contribution in [0.3, 0.4) is 0 Å². The molecule has 0 radical (unpaired) electrons. The van der Waals surface area contributed by atoms with Crippen LogP contribution in [0.25, 0.3) is 0 Å². The Morgan fingerprint density at radius 1 is 1.38 bits per heavy atom. The highest BCUT2D eigenvalue weighted by Gasteiger charge is 2.41. The maximum absolute atomic E-state index is 11.2. The summed E-state index contributed by atoms with van der Waals surface area (Å²) in [6.45, 7) is 0.874. The number of carboxylic acid groups (broad SMARTS) is 1. The minimum atomic E-state index is -0.931. The Morgan fingerprint density at radius 2 is 1.92 bits per heavy atom. The molecule has 0 aromatic rings. The third-order valence-corrected chi connectivity index (χ3v) is 2.32. The zero-order chi connectivity index (χ0) is 10.0. The van der Waals surface area contributed by atoms with Gasteiger partial charge < -0.3 is 14.7 Å². The summed E-state index contributed by atoms with van der Waals surface area (Å²) in [4.78, 5) is 23.7. The van der Waals surface area contributed by atoms with Crippen LogP contribution in [0.4, 0.5) is 0 Å². The molecule has 1 aliphatic heterocycles. The first-order valence-electron chi connectivity index (χ1n) is 4.05. The number of methoxy groups -OCH3 is 1.